The fourth-order valence-electron chi connectivity index (χ4n) is 2.05. The van der Waals surface area contributed by atoms with Gasteiger partial charge in [0.15, 0.2) is 0 Å². The zero-order valence-electron chi connectivity index (χ0n) is 13.4. The Labute approximate surface area is 122 Å². The molecular weight excluding hydrogens is 250 g/mol. The van der Waals surface area contributed by atoms with E-state index >= 15 is 0 Å². The van der Waals surface area contributed by atoms with Gasteiger partial charge in [0.1, 0.15) is 5.69 Å². The molecule has 112 valence electrons. The van der Waals surface area contributed by atoms with E-state index < -0.39 is 0 Å². The van der Waals surface area contributed by atoms with E-state index in [0.717, 1.165) is 31.6 Å². The van der Waals surface area contributed by atoms with Crippen molar-refractivity contribution in [2.24, 2.45) is 0 Å². The standard InChI is InChI=1S/C16H27N3O/c1-6-10-19(11-7-2)13-8-9-17-14(12-13)15(20)18-16(3,4)5/h8-9,12H,6-7,10-11H2,1-5H3,(H,18,20). The summed E-state index contributed by atoms with van der Waals surface area (Å²) in [7, 11) is 0. The lowest BCUT2D eigenvalue weighted by atomic mass is 10.1. The van der Waals surface area contributed by atoms with E-state index in [1.807, 2.05) is 32.9 Å². The minimum atomic E-state index is -0.249. The fourth-order valence-corrected chi connectivity index (χ4v) is 2.05. The summed E-state index contributed by atoms with van der Waals surface area (Å²) in [6.45, 7) is 12.2. The van der Waals surface area contributed by atoms with Crippen molar-refractivity contribution in [3.8, 4) is 0 Å². The van der Waals surface area contributed by atoms with Gasteiger partial charge in [-0.15, -0.1) is 0 Å². The molecule has 20 heavy (non-hydrogen) atoms. The third kappa shape index (κ3) is 5.19. The molecule has 0 bridgehead atoms. The van der Waals surface area contributed by atoms with E-state index in [1.165, 1.54) is 0 Å². The van der Waals surface area contributed by atoms with Crippen LogP contribution in [0.25, 0.3) is 0 Å². The molecule has 0 saturated carbocycles. The zero-order chi connectivity index (χ0) is 15.2. The molecule has 0 radical (unpaired) electrons. The molecule has 1 N–H and O–H groups in total. The maximum absolute atomic E-state index is 12.2. The molecule has 0 atom stereocenters. The molecule has 1 heterocycles. The summed E-state index contributed by atoms with van der Waals surface area (Å²) < 4.78 is 0. The van der Waals surface area contributed by atoms with Crippen LogP contribution in [-0.4, -0.2) is 29.5 Å². The molecular formula is C16H27N3O. The molecule has 0 saturated heterocycles. The van der Waals surface area contributed by atoms with Gasteiger partial charge < -0.3 is 10.2 Å². The van der Waals surface area contributed by atoms with Crippen molar-refractivity contribution in [3.05, 3.63) is 24.0 Å². The van der Waals surface area contributed by atoms with E-state index in [0.29, 0.717) is 5.69 Å². The number of amides is 1. The Morgan fingerprint density at radius 3 is 2.35 bits per heavy atom. The van der Waals surface area contributed by atoms with Crippen LogP contribution < -0.4 is 10.2 Å². The van der Waals surface area contributed by atoms with Crippen molar-refractivity contribution in [1.29, 1.82) is 0 Å². The molecule has 4 heteroatoms. The van der Waals surface area contributed by atoms with E-state index in [4.69, 9.17) is 0 Å². The van der Waals surface area contributed by atoms with E-state index in [-0.39, 0.29) is 11.4 Å². The number of anilines is 1. The third-order valence-electron chi connectivity index (χ3n) is 2.82. The van der Waals surface area contributed by atoms with Gasteiger partial charge in [-0.1, -0.05) is 13.8 Å². The second-order valence-electron chi connectivity index (χ2n) is 6.09. The SMILES string of the molecule is CCCN(CCC)c1ccnc(C(=O)NC(C)(C)C)c1. The van der Waals surface area contributed by atoms with Gasteiger partial charge in [-0.05, 0) is 45.7 Å². The maximum atomic E-state index is 12.2. The summed E-state index contributed by atoms with van der Waals surface area (Å²) in [5.41, 5.74) is 1.30. The first-order valence-corrected chi connectivity index (χ1v) is 7.41. The maximum Gasteiger partial charge on any atom is 0.270 e. The summed E-state index contributed by atoms with van der Waals surface area (Å²) in [5, 5.41) is 2.95. The van der Waals surface area contributed by atoms with Crippen molar-refractivity contribution < 1.29 is 4.79 Å². The average Bonchev–Trinajstić information content (AvgIpc) is 2.37. The van der Waals surface area contributed by atoms with Crippen molar-refractivity contribution in [2.75, 3.05) is 18.0 Å². The molecule has 0 aliphatic carbocycles. The van der Waals surface area contributed by atoms with E-state index in [1.54, 1.807) is 6.20 Å². The lowest BCUT2D eigenvalue weighted by molar-refractivity contribution is 0.0914. The number of nitrogens with zero attached hydrogens (tertiary/aromatic N) is 2. The van der Waals surface area contributed by atoms with Gasteiger partial charge in [0.05, 0.1) is 0 Å². The number of hydrogen-bond donors (Lipinski definition) is 1. The molecule has 0 aliphatic rings. The second kappa shape index (κ2) is 7.27. The highest BCUT2D eigenvalue weighted by molar-refractivity contribution is 5.93. The highest BCUT2D eigenvalue weighted by atomic mass is 16.2. The first-order valence-electron chi connectivity index (χ1n) is 7.41. The Kier molecular flexibility index (Phi) is 5.99. The van der Waals surface area contributed by atoms with E-state index in [9.17, 15) is 4.79 Å². The van der Waals surface area contributed by atoms with Gasteiger partial charge in [-0.3, -0.25) is 9.78 Å². The minimum Gasteiger partial charge on any atom is -0.371 e. The van der Waals surface area contributed by atoms with Gasteiger partial charge in [-0.2, -0.15) is 0 Å². The summed E-state index contributed by atoms with van der Waals surface area (Å²) in [6.07, 6.45) is 3.89. The Balaban J connectivity index is 2.91. The van der Waals surface area contributed by atoms with Gasteiger partial charge >= 0.3 is 0 Å². The van der Waals surface area contributed by atoms with Crippen molar-refractivity contribution in [1.82, 2.24) is 10.3 Å². The lowest BCUT2D eigenvalue weighted by Crippen LogP contribution is -2.41. The molecule has 0 spiro atoms. The Bertz CT molecular complexity index is 432. The summed E-state index contributed by atoms with van der Waals surface area (Å²) in [5.74, 6) is -0.118. The smallest absolute Gasteiger partial charge is 0.270 e. The van der Waals surface area contributed by atoms with Crippen LogP contribution in [0.1, 0.15) is 57.9 Å². The predicted octanol–water partition coefficient (Wildman–Crippen LogP) is 3.24. The van der Waals surface area contributed by atoms with Crippen molar-refractivity contribution >= 4 is 11.6 Å². The normalized spacial score (nSPS) is 11.2. The number of carbonyl (C=O) groups excluding carboxylic acids is 1. The fraction of sp³-hybridized carbons (Fsp3) is 0.625. The first-order chi connectivity index (χ1) is 9.37. The predicted molar refractivity (Wildman–Crippen MR) is 84.3 cm³/mol. The van der Waals surface area contributed by atoms with Crippen LogP contribution in [0.4, 0.5) is 5.69 Å². The Morgan fingerprint density at radius 1 is 1.25 bits per heavy atom. The number of rotatable bonds is 6. The highest BCUT2D eigenvalue weighted by Crippen LogP contribution is 2.16. The number of aromatic nitrogens is 1. The van der Waals surface area contributed by atoms with E-state index in [2.05, 4.69) is 29.0 Å². The first kappa shape index (κ1) is 16.5. The molecule has 0 unspecified atom stereocenters. The van der Waals surface area contributed by atoms with Crippen LogP contribution in [0.5, 0.6) is 0 Å². The second-order valence-corrected chi connectivity index (χ2v) is 6.09. The molecule has 0 aliphatic heterocycles. The molecule has 1 aromatic rings. The van der Waals surface area contributed by atoms with Crippen LogP contribution in [0.2, 0.25) is 0 Å². The third-order valence-corrected chi connectivity index (χ3v) is 2.82. The zero-order valence-corrected chi connectivity index (χ0v) is 13.4. The van der Waals surface area contributed by atoms with Crippen LogP contribution in [-0.2, 0) is 0 Å². The lowest BCUT2D eigenvalue weighted by Gasteiger charge is -2.24. The van der Waals surface area contributed by atoms with Gasteiger partial charge in [-0.25, -0.2) is 0 Å². The number of carbonyl (C=O) groups is 1. The summed E-state index contributed by atoms with van der Waals surface area (Å²) >= 11 is 0. The van der Waals surface area contributed by atoms with Crippen LogP contribution in [0.15, 0.2) is 18.3 Å². The summed E-state index contributed by atoms with van der Waals surface area (Å²) in [6, 6.07) is 3.85. The van der Waals surface area contributed by atoms with Crippen LogP contribution >= 0.6 is 0 Å². The molecule has 1 rings (SSSR count). The number of nitrogens with one attached hydrogen (secondary N) is 1. The topological polar surface area (TPSA) is 45.2 Å². The largest absolute Gasteiger partial charge is 0.371 e. The Hall–Kier alpha value is -1.58. The monoisotopic (exact) mass is 277 g/mol. The van der Waals surface area contributed by atoms with Crippen molar-refractivity contribution in [2.45, 2.75) is 53.0 Å². The molecule has 1 aromatic heterocycles. The Morgan fingerprint density at radius 2 is 1.85 bits per heavy atom. The van der Waals surface area contributed by atoms with Crippen molar-refractivity contribution in [3.63, 3.8) is 0 Å². The quantitative estimate of drug-likeness (QED) is 0.868. The molecule has 0 aromatic carbocycles. The minimum absolute atomic E-state index is 0.118. The van der Waals surface area contributed by atoms with Gasteiger partial charge in [0, 0.05) is 30.5 Å². The molecule has 1 amide bonds. The number of pyridine rings is 1. The van der Waals surface area contributed by atoms with Gasteiger partial charge in [0.25, 0.3) is 5.91 Å². The van der Waals surface area contributed by atoms with Gasteiger partial charge in [0.2, 0.25) is 0 Å². The molecule has 4 nitrogen and oxygen atoms in total. The number of hydrogen-bond acceptors (Lipinski definition) is 3. The molecule has 0 fully saturated rings. The van der Waals surface area contributed by atoms with Crippen LogP contribution in [0, 0.1) is 0 Å². The summed E-state index contributed by atoms with van der Waals surface area (Å²) in [4.78, 5) is 18.6. The van der Waals surface area contributed by atoms with Crippen LogP contribution in [0.3, 0.4) is 0 Å². The highest BCUT2D eigenvalue weighted by Gasteiger charge is 2.17. The average molecular weight is 277 g/mol.